The Bertz CT molecular complexity index is 469. The zero-order valence-electron chi connectivity index (χ0n) is 11.4. The molecule has 112 valence electrons. The maximum Gasteiger partial charge on any atom is 0.391 e. The first-order valence-electron chi connectivity index (χ1n) is 6.87. The summed E-state index contributed by atoms with van der Waals surface area (Å²) in [5.74, 6) is -2.05. The molecular formula is C15H19F4N. The quantitative estimate of drug-likeness (QED) is 0.797. The molecule has 2 N–H and O–H groups in total. The molecule has 1 nitrogen and oxygen atoms in total. The van der Waals surface area contributed by atoms with Crippen LogP contribution in [0.1, 0.15) is 42.9 Å². The van der Waals surface area contributed by atoms with Crippen LogP contribution in [0.25, 0.3) is 0 Å². The van der Waals surface area contributed by atoms with Gasteiger partial charge in [-0.1, -0.05) is 24.1 Å². The van der Waals surface area contributed by atoms with Crippen LogP contribution in [0.4, 0.5) is 17.6 Å². The van der Waals surface area contributed by atoms with E-state index in [-0.39, 0.29) is 18.8 Å². The highest BCUT2D eigenvalue weighted by Gasteiger charge is 2.43. The van der Waals surface area contributed by atoms with Crippen LogP contribution in [0, 0.1) is 24.6 Å². The first-order chi connectivity index (χ1) is 9.29. The summed E-state index contributed by atoms with van der Waals surface area (Å²) in [5, 5.41) is 0. The second-order valence-electron chi connectivity index (χ2n) is 5.72. The van der Waals surface area contributed by atoms with Gasteiger partial charge in [-0.15, -0.1) is 0 Å². The molecule has 0 heterocycles. The van der Waals surface area contributed by atoms with Gasteiger partial charge in [0.25, 0.3) is 0 Å². The molecule has 0 saturated heterocycles. The molecule has 0 aromatic heterocycles. The summed E-state index contributed by atoms with van der Waals surface area (Å²) < 4.78 is 52.2. The number of alkyl halides is 3. The van der Waals surface area contributed by atoms with Crippen molar-refractivity contribution in [2.75, 3.05) is 0 Å². The number of halogens is 4. The maximum atomic E-state index is 13.8. The largest absolute Gasteiger partial charge is 0.391 e. The Morgan fingerprint density at radius 1 is 1.25 bits per heavy atom. The van der Waals surface area contributed by atoms with Crippen LogP contribution in [0.2, 0.25) is 0 Å². The van der Waals surface area contributed by atoms with E-state index >= 15 is 0 Å². The van der Waals surface area contributed by atoms with E-state index in [0.29, 0.717) is 18.4 Å². The predicted octanol–water partition coefficient (Wildman–Crippen LogP) is 4.50. The Labute approximate surface area is 116 Å². The summed E-state index contributed by atoms with van der Waals surface area (Å²) >= 11 is 0. The number of aryl methyl sites for hydroxylation is 1. The molecule has 1 fully saturated rings. The van der Waals surface area contributed by atoms with Crippen LogP contribution in [-0.2, 0) is 0 Å². The van der Waals surface area contributed by atoms with Crippen molar-refractivity contribution in [3.63, 3.8) is 0 Å². The average Bonchev–Trinajstić information content (AvgIpc) is 2.40. The number of nitrogens with two attached hydrogens (primary N) is 1. The summed E-state index contributed by atoms with van der Waals surface area (Å²) in [5.41, 5.74) is 7.23. The van der Waals surface area contributed by atoms with Crippen LogP contribution in [0.5, 0.6) is 0 Å². The summed E-state index contributed by atoms with van der Waals surface area (Å²) in [7, 11) is 0. The van der Waals surface area contributed by atoms with Crippen molar-refractivity contribution >= 4 is 0 Å². The second kappa shape index (κ2) is 5.72. The molecule has 0 radical (unpaired) electrons. The fourth-order valence-electron chi connectivity index (χ4n) is 3.02. The van der Waals surface area contributed by atoms with Crippen molar-refractivity contribution in [1.82, 2.24) is 0 Å². The lowest BCUT2D eigenvalue weighted by molar-refractivity contribution is -0.186. The number of benzene rings is 1. The van der Waals surface area contributed by atoms with E-state index in [1.165, 1.54) is 6.07 Å². The summed E-state index contributed by atoms with van der Waals surface area (Å²) in [6, 6.07) is 3.93. The van der Waals surface area contributed by atoms with E-state index in [2.05, 4.69) is 0 Å². The van der Waals surface area contributed by atoms with Crippen molar-refractivity contribution in [2.45, 2.75) is 44.8 Å². The Kier molecular flexibility index (Phi) is 4.37. The Morgan fingerprint density at radius 2 is 1.95 bits per heavy atom. The van der Waals surface area contributed by atoms with Gasteiger partial charge in [0.05, 0.1) is 5.92 Å². The first kappa shape index (κ1) is 15.3. The zero-order valence-corrected chi connectivity index (χ0v) is 11.4. The molecule has 0 spiro atoms. The predicted molar refractivity (Wildman–Crippen MR) is 69.6 cm³/mol. The highest BCUT2D eigenvalue weighted by molar-refractivity contribution is 5.27. The van der Waals surface area contributed by atoms with Gasteiger partial charge in [-0.3, -0.25) is 0 Å². The summed E-state index contributed by atoms with van der Waals surface area (Å²) in [6.07, 6.45) is -2.90. The summed E-state index contributed by atoms with van der Waals surface area (Å²) in [4.78, 5) is 0. The topological polar surface area (TPSA) is 26.0 Å². The van der Waals surface area contributed by atoms with Crippen LogP contribution in [-0.4, -0.2) is 6.18 Å². The molecule has 2 rings (SSSR count). The van der Waals surface area contributed by atoms with Gasteiger partial charge in [0.2, 0.25) is 0 Å². The smallest absolute Gasteiger partial charge is 0.324 e. The number of hydrogen-bond acceptors (Lipinski definition) is 1. The van der Waals surface area contributed by atoms with Crippen molar-refractivity contribution < 1.29 is 17.6 Å². The van der Waals surface area contributed by atoms with Crippen molar-refractivity contribution in [2.24, 2.45) is 17.6 Å². The van der Waals surface area contributed by atoms with Crippen molar-refractivity contribution in [3.8, 4) is 0 Å². The SMILES string of the molecule is Cc1ccc(F)c(C(N)C2CCCC(C(F)(F)F)C2)c1. The van der Waals surface area contributed by atoms with E-state index in [4.69, 9.17) is 5.73 Å². The highest BCUT2D eigenvalue weighted by atomic mass is 19.4. The Hall–Kier alpha value is -1.10. The van der Waals surface area contributed by atoms with E-state index in [1.807, 2.05) is 6.92 Å². The fraction of sp³-hybridized carbons (Fsp3) is 0.600. The molecule has 5 heteroatoms. The fourth-order valence-corrected chi connectivity index (χ4v) is 3.02. The van der Waals surface area contributed by atoms with Crippen molar-refractivity contribution in [3.05, 3.63) is 35.1 Å². The molecule has 20 heavy (non-hydrogen) atoms. The molecule has 1 saturated carbocycles. The normalized spacial score (nSPS) is 25.5. The molecule has 3 atom stereocenters. The van der Waals surface area contributed by atoms with Crippen LogP contribution in [0.15, 0.2) is 18.2 Å². The minimum Gasteiger partial charge on any atom is -0.324 e. The van der Waals surface area contributed by atoms with Gasteiger partial charge in [0.1, 0.15) is 5.82 Å². The Morgan fingerprint density at radius 3 is 2.60 bits per heavy atom. The van der Waals surface area contributed by atoms with E-state index in [0.717, 1.165) is 5.56 Å². The molecule has 0 aliphatic heterocycles. The third kappa shape index (κ3) is 3.32. The minimum absolute atomic E-state index is 0.00194. The summed E-state index contributed by atoms with van der Waals surface area (Å²) in [6.45, 7) is 1.81. The van der Waals surface area contributed by atoms with Gasteiger partial charge in [0, 0.05) is 11.6 Å². The lowest BCUT2D eigenvalue weighted by atomic mass is 9.76. The van der Waals surface area contributed by atoms with Gasteiger partial charge < -0.3 is 5.73 Å². The molecule has 3 unspecified atom stereocenters. The lowest BCUT2D eigenvalue weighted by Gasteiger charge is -2.34. The van der Waals surface area contributed by atoms with Crippen LogP contribution in [0.3, 0.4) is 0 Å². The molecule has 1 aromatic carbocycles. The molecule has 1 aromatic rings. The van der Waals surface area contributed by atoms with E-state index in [9.17, 15) is 17.6 Å². The highest BCUT2D eigenvalue weighted by Crippen LogP contribution is 2.43. The third-order valence-electron chi connectivity index (χ3n) is 4.20. The number of hydrogen-bond donors (Lipinski definition) is 1. The molecule has 0 bridgehead atoms. The lowest BCUT2D eigenvalue weighted by Crippen LogP contribution is -2.33. The van der Waals surface area contributed by atoms with Gasteiger partial charge in [0.15, 0.2) is 0 Å². The molecule has 1 aliphatic rings. The van der Waals surface area contributed by atoms with E-state index in [1.54, 1.807) is 12.1 Å². The van der Waals surface area contributed by atoms with Crippen molar-refractivity contribution in [1.29, 1.82) is 0 Å². The Balaban J connectivity index is 2.16. The molecule has 1 aliphatic carbocycles. The second-order valence-corrected chi connectivity index (χ2v) is 5.72. The zero-order chi connectivity index (χ0) is 14.9. The van der Waals surface area contributed by atoms with Gasteiger partial charge in [-0.2, -0.15) is 13.2 Å². The van der Waals surface area contributed by atoms with Gasteiger partial charge in [-0.05, 0) is 38.2 Å². The molecular weight excluding hydrogens is 270 g/mol. The van der Waals surface area contributed by atoms with Crippen LogP contribution >= 0.6 is 0 Å². The monoisotopic (exact) mass is 289 g/mol. The third-order valence-corrected chi connectivity index (χ3v) is 4.20. The van der Waals surface area contributed by atoms with E-state index < -0.39 is 24.0 Å². The van der Waals surface area contributed by atoms with Gasteiger partial charge in [-0.25, -0.2) is 4.39 Å². The number of rotatable bonds is 2. The maximum absolute atomic E-state index is 13.8. The first-order valence-corrected chi connectivity index (χ1v) is 6.87. The van der Waals surface area contributed by atoms with Crippen LogP contribution < -0.4 is 5.73 Å². The van der Waals surface area contributed by atoms with Gasteiger partial charge >= 0.3 is 6.18 Å². The average molecular weight is 289 g/mol. The molecule has 0 amide bonds. The standard InChI is InChI=1S/C15H19F4N/c1-9-5-6-13(16)12(7-9)14(20)10-3-2-4-11(8-10)15(17,18)19/h5-7,10-11,14H,2-4,8,20H2,1H3. The minimum atomic E-state index is -4.18.